The number of aliphatic hydroxyl groups excluding tert-OH is 1. The van der Waals surface area contributed by atoms with E-state index in [0.29, 0.717) is 28.5 Å². The molecule has 0 spiro atoms. The van der Waals surface area contributed by atoms with Crippen molar-refractivity contribution in [3.05, 3.63) is 42.7 Å². The van der Waals surface area contributed by atoms with E-state index in [1.165, 1.54) is 12.8 Å². The van der Waals surface area contributed by atoms with Gasteiger partial charge < -0.3 is 15.4 Å². The van der Waals surface area contributed by atoms with Crippen LogP contribution in [0.15, 0.2) is 36.9 Å². The van der Waals surface area contributed by atoms with Crippen molar-refractivity contribution in [1.29, 1.82) is 0 Å². The molecule has 4 heterocycles. The molecule has 0 saturated heterocycles. The van der Waals surface area contributed by atoms with E-state index < -0.39 is 0 Å². The Morgan fingerprint density at radius 2 is 2.15 bits per heavy atom. The van der Waals surface area contributed by atoms with Gasteiger partial charge in [0.2, 0.25) is 0 Å². The van der Waals surface area contributed by atoms with Gasteiger partial charge in [0.15, 0.2) is 5.82 Å². The first-order valence-corrected chi connectivity index (χ1v) is 9.38. The zero-order chi connectivity index (χ0) is 18.2. The third kappa shape index (κ3) is 3.49. The summed E-state index contributed by atoms with van der Waals surface area (Å²) in [5, 5.41) is 17.4. The van der Waals surface area contributed by atoms with Gasteiger partial charge >= 0.3 is 0 Å². The smallest absolute Gasteiger partial charge is 0.164 e. The molecular formula is C17H16N8OS. The summed E-state index contributed by atoms with van der Waals surface area (Å²) in [5.41, 5.74) is 2.37. The van der Waals surface area contributed by atoms with Crippen LogP contribution in [0.1, 0.15) is 18.7 Å². The molecule has 0 unspecified atom stereocenters. The molecule has 1 aliphatic rings. The lowest BCUT2D eigenvalue weighted by molar-refractivity contribution is 0.273. The second-order valence-electron chi connectivity index (χ2n) is 6.26. The number of fused-ring (bicyclic) bond motifs is 1. The van der Waals surface area contributed by atoms with Crippen molar-refractivity contribution in [3.63, 3.8) is 0 Å². The van der Waals surface area contributed by atoms with E-state index in [2.05, 4.69) is 35.3 Å². The van der Waals surface area contributed by atoms with E-state index in [0.717, 1.165) is 16.6 Å². The molecule has 0 atom stereocenters. The van der Waals surface area contributed by atoms with Gasteiger partial charge in [-0.3, -0.25) is 0 Å². The van der Waals surface area contributed by atoms with Gasteiger partial charge in [0, 0.05) is 23.7 Å². The SMILES string of the molecule is OCc1nc2cc(Nc3ccnc(-c4cnn(SC5CC5)c4)n3)ncc2[nH]1. The Morgan fingerprint density at radius 3 is 3.00 bits per heavy atom. The second-order valence-corrected chi connectivity index (χ2v) is 7.51. The molecule has 0 bridgehead atoms. The van der Waals surface area contributed by atoms with Crippen molar-refractivity contribution in [3.8, 4) is 11.4 Å². The van der Waals surface area contributed by atoms with Gasteiger partial charge in [-0.05, 0) is 30.9 Å². The van der Waals surface area contributed by atoms with Crippen molar-refractivity contribution in [2.75, 3.05) is 5.32 Å². The standard InChI is InChI=1S/C17H16N8OS/c26-9-16-21-12-5-15(19-7-13(12)22-16)23-14-3-4-18-17(24-14)10-6-20-25(8-10)27-11-1-2-11/h3-8,11,26H,1-2,9H2,(H,21,22)(H,18,19,23,24). The first-order chi connectivity index (χ1) is 13.3. The predicted octanol–water partition coefficient (Wildman–Crippen LogP) is 2.51. The van der Waals surface area contributed by atoms with E-state index >= 15 is 0 Å². The van der Waals surface area contributed by atoms with Crippen molar-refractivity contribution in [2.24, 2.45) is 0 Å². The number of anilines is 2. The number of aliphatic hydroxyl groups is 1. The van der Waals surface area contributed by atoms with Gasteiger partial charge in [-0.2, -0.15) is 5.10 Å². The summed E-state index contributed by atoms with van der Waals surface area (Å²) in [6.07, 6.45) is 9.61. The molecule has 10 heteroatoms. The molecule has 27 heavy (non-hydrogen) atoms. The summed E-state index contributed by atoms with van der Waals surface area (Å²) >= 11 is 1.73. The molecule has 0 radical (unpaired) electrons. The molecule has 4 aromatic rings. The van der Waals surface area contributed by atoms with Crippen LogP contribution in [0.25, 0.3) is 22.4 Å². The summed E-state index contributed by atoms with van der Waals surface area (Å²) in [6.45, 7) is -0.139. The number of imidazole rings is 1. The van der Waals surface area contributed by atoms with Gasteiger partial charge in [0.05, 0.1) is 29.0 Å². The maximum Gasteiger partial charge on any atom is 0.164 e. The lowest BCUT2D eigenvalue weighted by atomic mass is 10.3. The molecule has 0 aliphatic heterocycles. The maximum atomic E-state index is 9.18. The van der Waals surface area contributed by atoms with E-state index in [9.17, 15) is 5.11 Å². The Hall–Kier alpha value is -2.98. The minimum atomic E-state index is -0.139. The average molecular weight is 380 g/mol. The first kappa shape index (κ1) is 16.2. The second kappa shape index (κ2) is 6.63. The maximum absolute atomic E-state index is 9.18. The largest absolute Gasteiger partial charge is 0.388 e. The number of aromatic nitrogens is 7. The lowest BCUT2D eigenvalue weighted by Gasteiger charge is -2.05. The van der Waals surface area contributed by atoms with Crippen molar-refractivity contribution >= 4 is 34.6 Å². The number of H-pyrrole nitrogens is 1. The van der Waals surface area contributed by atoms with Crippen LogP contribution in [-0.4, -0.2) is 44.5 Å². The van der Waals surface area contributed by atoms with Crippen molar-refractivity contribution < 1.29 is 5.11 Å². The summed E-state index contributed by atoms with van der Waals surface area (Å²) in [4.78, 5) is 20.5. The van der Waals surface area contributed by atoms with Gasteiger partial charge in [-0.15, -0.1) is 0 Å². The molecule has 0 amide bonds. The van der Waals surface area contributed by atoms with Gasteiger partial charge in [-0.1, -0.05) is 0 Å². The Bertz CT molecular complexity index is 1100. The molecular weight excluding hydrogens is 364 g/mol. The topological polar surface area (TPSA) is 117 Å². The third-order valence-corrected chi connectivity index (χ3v) is 5.26. The summed E-state index contributed by atoms with van der Waals surface area (Å²) in [5.74, 6) is 2.36. The van der Waals surface area contributed by atoms with Crippen LogP contribution in [0, 0.1) is 0 Å². The Kier molecular flexibility index (Phi) is 3.98. The highest BCUT2D eigenvalue weighted by molar-refractivity contribution is 7.98. The van der Waals surface area contributed by atoms with Crippen LogP contribution < -0.4 is 5.32 Å². The lowest BCUT2D eigenvalue weighted by Crippen LogP contribution is -1.98. The van der Waals surface area contributed by atoms with E-state index in [1.54, 1.807) is 42.7 Å². The highest BCUT2D eigenvalue weighted by atomic mass is 32.2. The summed E-state index contributed by atoms with van der Waals surface area (Å²) in [7, 11) is 0. The quantitative estimate of drug-likeness (QED) is 0.467. The van der Waals surface area contributed by atoms with Crippen LogP contribution in [0.5, 0.6) is 0 Å². The van der Waals surface area contributed by atoms with Crippen LogP contribution >= 0.6 is 11.9 Å². The predicted molar refractivity (Wildman–Crippen MR) is 102 cm³/mol. The highest BCUT2D eigenvalue weighted by Crippen LogP contribution is 2.35. The van der Waals surface area contributed by atoms with Crippen molar-refractivity contribution in [1.82, 2.24) is 34.1 Å². The zero-order valence-corrected chi connectivity index (χ0v) is 15.0. The van der Waals surface area contributed by atoms with E-state index in [4.69, 9.17) is 0 Å². The minimum Gasteiger partial charge on any atom is -0.388 e. The Morgan fingerprint density at radius 1 is 1.22 bits per heavy atom. The number of pyridine rings is 1. The monoisotopic (exact) mass is 380 g/mol. The molecule has 1 saturated carbocycles. The van der Waals surface area contributed by atoms with Crippen LogP contribution in [0.2, 0.25) is 0 Å². The fourth-order valence-corrected chi connectivity index (χ4v) is 3.54. The third-order valence-electron chi connectivity index (χ3n) is 4.08. The molecule has 9 nitrogen and oxygen atoms in total. The Balaban J connectivity index is 1.37. The molecule has 0 aromatic carbocycles. The number of hydrogen-bond donors (Lipinski definition) is 3. The molecule has 136 valence electrons. The van der Waals surface area contributed by atoms with Gasteiger partial charge in [0.25, 0.3) is 0 Å². The first-order valence-electron chi connectivity index (χ1n) is 8.54. The number of nitrogens with zero attached hydrogens (tertiary/aromatic N) is 6. The number of rotatable bonds is 6. The normalized spacial score (nSPS) is 14.0. The molecule has 3 N–H and O–H groups in total. The summed E-state index contributed by atoms with van der Waals surface area (Å²) < 4.78 is 1.88. The average Bonchev–Trinajstić information content (AvgIpc) is 3.21. The van der Waals surface area contributed by atoms with E-state index in [1.807, 2.05) is 10.3 Å². The van der Waals surface area contributed by atoms with Crippen LogP contribution in [0.4, 0.5) is 11.6 Å². The molecule has 4 aromatic heterocycles. The molecule has 5 rings (SSSR count). The van der Waals surface area contributed by atoms with Crippen LogP contribution in [-0.2, 0) is 6.61 Å². The number of hydrogen-bond acceptors (Lipinski definition) is 8. The fraction of sp³-hybridized carbons (Fsp3) is 0.235. The molecule has 1 aliphatic carbocycles. The van der Waals surface area contributed by atoms with E-state index in [-0.39, 0.29) is 6.61 Å². The Labute approximate surface area is 158 Å². The zero-order valence-electron chi connectivity index (χ0n) is 14.2. The van der Waals surface area contributed by atoms with Gasteiger partial charge in [-0.25, -0.2) is 24.0 Å². The number of nitrogens with one attached hydrogen (secondary N) is 2. The minimum absolute atomic E-state index is 0.139. The number of aromatic amines is 1. The van der Waals surface area contributed by atoms with Crippen molar-refractivity contribution in [2.45, 2.75) is 24.7 Å². The fourth-order valence-electron chi connectivity index (χ4n) is 2.61. The van der Waals surface area contributed by atoms with Crippen LogP contribution in [0.3, 0.4) is 0 Å². The highest BCUT2D eigenvalue weighted by Gasteiger charge is 2.23. The van der Waals surface area contributed by atoms with Gasteiger partial charge in [0.1, 0.15) is 24.1 Å². The summed E-state index contributed by atoms with van der Waals surface area (Å²) in [6, 6.07) is 3.58. The molecule has 1 fully saturated rings.